The minimum Gasteiger partial charge on any atom is -0.463 e. The van der Waals surface area contributed by atoms with E-state index in [2.05, 4.69) is 15.9 Å². The van der Waals surface area contributed by atoms with Crippen LogP contribution in [0.2, 0.25) is 0 Å². The van der Waals surface area contributed by atoms with Crippen molar-refractivity contribution < 1.29 is 9.53 Å². The molecule has 1 saturated carbocycles. The molecule has 0 aromatic heterocycles. The third-order valence-electron chi connectivity index (χ3n) is 2.44. The van der Waals surface area contributed by atoms with Gasteiger partial charge in [-0.05, 0) is 15.9 Å². The quantitative estimate of drug-likeness (QED) is 0.563. The van der Waals surface area contributed by atoms with Gasteiger partial charge in [-0.2, -0.15) is 5.26 Å². The van der Waals surface area contributed by atoms with Gasteiger partial charge in [0.15, 0.2) is 0 Å². The molecule has 2 unspecified atom stereocenters. The molecule has 0 amide bonds. The normalized spacial score (nSPS) is 30.5. The van der Waals surface area contributed by atoms with Crippen molar-refractivity contribution in [3.05, 3.63) is 10.6 Å². The van der Waals surface area contributed by atoms with E-state index in [9.17, 15) is 4.79 Å². The van der Waals surface area contributed by atoms with E-state index >= 15 is 0 Å². The first-order valence-electron chi connectivity index (χ1n) is 3.90. The molecule has 13 heavy (non-hydrogen) atoms. The lowest BCUT2D eigenvalue weighted by molar-refractivity contribution is -0.130. The molecule has 1 aliphatic rings. The zero-order valence-corrected chi connectivity index (χ0v) is 9.04. The number of ether oxygens (including phenoxy) is 1. The first-order valence-corrected chi connectivity index (χ1v) is 4.70. The number of allylic oxidation sites excluding steroid dienone is 1. The van der Waals surface area contributed by atoms with Gasteiger partial charge in [0, 0.05) is 11.3 Å². The fraction of sp³-hybridized carbons (Fsp3) is 0.556. The molecular weight excluding hydrogens is 234 g/mol. The van der Waals surface area contributed by atoms with Crippen molar-refractivity contribution in [2.45, 2.75) is 20.0 Å². The Labute approximate surface area is 85.5 Å². The molecule has 0 radical (unpaired) electrons. The van der Waals surface area contributed by atoms with Crippen molar-refractivity contribution in [2.75, 3.05) is 0 Å². The first-order chi connectivity index (χ1) is 6.04. The maximum atomic E-state index is 10.1. The molecule has 0 bridgehead atoms. The average Bonchev–Trinajstić information content (AvgIpc) is 2.56. The van der Waals surface area contributed by atoms with Gasteiger partial charge in [0.25, 0.3) is 6.47 Å². The van der Waals surface area contributed by atoms with Crippen LogP contribution in [0.15, 0.2) is 10.6 Å². The highest BCUT2D eigenvalue weighted by molar-refractivity contribution is 9.12. The number of nitrogens with zero attached hydrogens (tertiary/aromatic N) is 1. The van der Waals surface area contributed by atoms with Gasteiger partial charge in [-0.25, -0.2) is 0 Å². The minimum atomic E-state index is -0.0918. The van der Waals surface area contributed by atoms with Gasteiger partial charge in [-0.15, -0.1) is 0 Å². The van der Waals surface area contributed by atoms with E-state index in [1.807, 2.05) is 19.9 Å². The first kappa shape index (κ1) is 10.3. The second-order valence-electron chi connectivity index (χ2n) is 3.63. The summed E-state index contributed by atoms with van der Waals surface area (Å²) in [5, 5.41) is 8.52. The molecule has 0 aliphatic heterocycles. The summed E-state index contributed by atoms with van der Waals surface area (Å²) in [5.74, 6) is 0.145. The molecule has 0 heterocycles. The van der Waals surface area contributed by atoms with Gasteiger partial charge in [0.2, 0.25) is 0 Å². The fourth-order valence-electron chi connectivity index (χ4n) is 1.45. The lowest BCUT2D eigenvalue weighted by Gasteiger charge is -1.97. The van der Waals surface area contributed by atoms with Crippen molar-refractivity contribution in [1.82, 2.24) is 0 Å². The van der Waals surface area contributed by atoms with Crippen LogP contribution in [-0.4, -0.2) is 12.6 Å². The Morgan fingerprint density at radius 3 is 2.77 bits per heavy atom. The van der Waals surface area contributed by atoms with Gasteiger partial charge in [-0.1, -0.05) is 19.9 Å². The largest absolute Gasteiger partial charge is 0.463 e. The SMILES string of the molecule is CC1(C)C(C=C(Br)C#N)C1OC=O. The van der Waals surface area contributed by atoms with E-state index < -0.39 is 0 Å². The fourth-order valence-corrected chi connectivity index (χ4v) is 1.73. The number of hydrogen-bond acceptors (Lipinski definition) is 3. The lowest BCUT2D eigenvalue weighted by atomic mass is 10.1. The van der Waals surface area contributed by atoms with E-state index in [1.54, 1.807) is 6.08 Å². The zero-order valence-electron chi connectivity index (χ0n) is 7.45. The average molecular weight is 244 g/mol. The van der Waals surface area contributed by atoms with Gasteiger partial charge in [0.05, 0.1) is 4.48 Å². The minimum absolute atomic E-state index is 0.0449. The molecule has 0 aromatic carbocycles. The Morgan fingerprint density at radius 1 is 1.69 bits per heavy atom. The van der Waals surface area contributed by atoms with E-state index in [1.165, 1.54) is 0 Å². The highest BCUT2D eigenvalue weighted by Gasteiger charge is 2.59. The predicted molar refractivity (Wildman–Crippen MR) is 50.8 cm³/mol. The second kappa shape index (κ2) is 3.51. The van der Waals surface area contributed by atoms with Crippen molar-refractivity contribution in [1.29, 1.82) is 5.26 Å². The summed E-state index contributed by atoms with van der Waals surface area (Å²) >= 11 is 3.10. The Bertz CT molecular complexity index is 290. The van der Waals surface area contributed by atoms with Crippen molar-refractivity contribution in [3.63, 3.8) is 0 Å². The highest BCUT2D eigenvalue weighted by Crippen LogP contribution is 2.55. The van der Waals surface area contributed by atoms with Crippen LogP contribution in [0.25, 0.3) is 0 Å². The summed E-state index contributed by atoms with van der Waals surface area (Å²) in [7, 11) is 0. The molecule has 0 spiro atoms. The molecule has 1 aliphatic carbocycles. The summed E-state index contributed by atoms with van der Waals surface area (Å²) in [6.07, 6.45) is 1.69. The van der Waals surface area contributed by atoms with Crippen LogP contribution in [0.1, 0.15) is 13.8 Å². The molecular formula is C9H10BrNO2. The van der Waals surface area contributed by atoms with E-state index in [0.29, 0.717) is 11.0 Å². The summed E-state index contributed by atoms with van der Waals surface area (Å²) in [5.41, 5.74) is -0.0449. The second-order valence-corrected chi connectivity index (χ2v) is 4.48. The van der Waals surface area contributed by atoms with Gasteiger partial charge in [-0.3, -0.25) is 4.79 Å². The molecule has 1 fully saturated rings. The summed E-state index contributed by atoms with van der Waals surface area (Å²) in [4.78, 5) is 10.1. The van der Waals surface area contributed by atoms with E-state index in [0.717, 1.165) is 0 Å². The zero-order chi connectivity index (χ0) is 10.1. The third-order valence-corrected chi connectivity index (χ3v) is 2.89. The van der Waals surface area contributed by atoms with Crippen LogP contribution < -0.4 is 0 Å². The number of carbonyl (C=O) groups is 1. The standard InChI is InChI=1S/C9H10BrNO2/c1-9(2)7(3-6(10)4-11)8(9)13-5-12/h3,5,7-8H,1-2H3. The highest BCUT2D eigenvalue weighted by atomic mass is 79.9. The van der Waals surface area contributed by atoms with Crippen LogP contribution in [0.5, 0.6) is 0 Å². The van der Waals surface area contributed by atoms with Crippen LogP contribution in [-0.2, 0) is 9.53 Å². The Hall–Kier alpha value is -0.820. The van der Waals surface area contributed by atoms with Crippen molar-refractivity contribution >= 4 is 22.4 Å². The molecule has 3 nitrogen and oxygen atoms in total. The maximum Gasteiger partial charge on any atom is 0.293 e. The number of halogens is 1. The van der Waals surface area contributed by atoms with Crippen LogP contribution >= 0.6 is 15.9 Å². The van der Waals surface area contributed by atoms with Crippen LogP contribution in [0.4, 0.5) is 0 Å². The van der Waals surface area contributed by atoms with Gasteiger partial charge < -0.3 is 4.74 Å². The number of nitriles is 1. The Balaban J connectivity index is 2.66. The molecule has 2 atom stereocenters. The summed E-state index contributed by atoms with van der Waals surface area (Å²) in [6, 6.07) is 1.97. The van der Waals surface area contributed by atoms with E-state index in [4.69, 9.17) is 10.00 Å². The monoisotopic (exact) mass is 243 g/mol. The number of carbonyl (C=O) groups excluding carboxylic acids is 1. The predicted octanol–water partition coefficient (Wildman–Crippen LogP) is 1.99. The van der Waals surface area contributed by atoms with Crippen LogP contribution in [0, 0.1) is 22.7 Å². The van der Waals surface area contributed by atoms with Crippen molar-refractivity contribution in [2.24, 2.45) is 11.3 Å². The summed E-state index contributed by atoms with van der Waals surface area (Å²) < 4.78 is 5.36. The molecule has 0 N–H and O–H groups in total. The summed E-state index contributed by atoms with van der Waals surface area (Å²) in [6.45, 7) is 4.46. The Morgan fingerprint density at radius 2 is 2.31 bits per heavy atom. The molecule has 0 aromatic rings. The third kappa shape index (κ3) is 1.92. The molecule has 4 heteroatoms. The van der Waals surface area contributed by atoms with Gasteiger partial charge in [0.1, 0.15) is 12.2 Å². The molecule has 1 rings (SSSR count). The molecule has 0 saturated heterocycles. The Kier molecular flexibility index (Phi) is 2.77. The van der Waals surface area contributed by atoms with Crippen LogP contribution in [0.3, 0.4) is 0 Å². The van der Waals surface area contributed by atoms with Crippen molar-refractivity contribution in [3.8, 4) is 6.07 Å². The maximum absolute atomic E-state index is 10.1. The topological polar surface area (TPSA) is 50.1 Å². The van der Waals surface area contributed by atoms with E-state index in [-0.39, 0.29) is 17.4 Å². The smallest absolute Gasteiger partial charge is 0.293 e. The number of rotatable bonds is 3. The molecule has 70 valence electrons. The lowest BCUT2D eigenvalue weighted by Crippen LogP contribution is -1.98. The van der Waals surface area contributed by atoms with Gasteiger partial charge >= 0.3 is 0 Å². The number of hydrogen-bond donors (Lipinski definition) is 0.